The molecular weight excluding hydrogens is 1010 g/mol. The number of piperidine rings is 1. The number of carbonyl (C=O) groups is 7. The number of hydrogen-bond donors (Lipinski definition) is 3. The summed E-state index contributed by atoms with van der Waals surface area (Å²) in [5, 5.41) is 16.7. The van der Waals surface area contributed by atoms with Crippen molar-refractivity contribution >= 4 is 67.7 Å². The van der Waals surface area contributed by atoms with E-state index in [0.717, 1.165) is 30.4 Å². The first-order chi connectivity index (χ1) is 35.1. The molecule has 0 radical (unpaired) electrons. The topological polar surface area (TPSA) is 274 Å². The Hall–Kier alpha value is -5.71. The molecule has 4 N–H and O–H groups in total. The lowest BCUT2D eigenvalue weighted by Gasteiger charge is -2.28. The van der Waals surface area contributed by atoms with E-state index in [-0.39, 0.29) is 138 Å². The smallest absolute Gasteiger partial charge is 0.320 e. The van der Waals surface area contributed by atoms with Crippen LogP contribution in [-0.4, -0.2) is 153 Å². The fraction of sp³-hybridized carbons (Fsp3) is 0.558. The van der Waals surface area contributed by atoms with E-state index in [1.54, 1.807) is 17.1 Å². The number of carbonyl (C=O) groups excluding carboxylic acids is 6. The molecule has 73 heavy (non-hydrogen) atoms. The molecule has 1 aromatic carbocycles. The molecule has 0 spiro atoms. The third-order valence-corrected chi connectivity index (χ3v) is 13.6. The van der Waals surface area contributed by atoms with E-state index in [2.05, 4.69) is 48.2 Å². The van der Waals surface area contributed by atoms with Gasteiger partial charge in [0.05, 0.1) is 56.7 Å². The Morgan fingerprint density at radius 2 is 1.60 bits per heavy atom. The Kier molecular flexibility index (Phi) is 21.8. The number of hydrogen-bond acceptors (Lipinski definition) is 16. The average Bonchev–Trinajstić information content (AvgIpc) is 3.66. The Bertz CT molecular complexity index is 2570. The van der Waals surface area contributed by atoms with Crippen molar-refractivity contribution < 1.29 is 57.6 Å². The second kappa shape index (κ2) is 28.1. The molecule has 20 nitrogen and oxygen atoms in total. The molecule has 1 aliphatic heterocycles. The number of aryl methyl sites for hydroxylation is 2. The van der Waals surface area contributed by atoms with Crippen molar-refractivity contribution in [1.29, 1.82) is 0 Å². The van der Waals surface area contributed by atoms with Crippen molar-refractivity contribution in [1.82, 2.24) is 34.9 Å². The molecule has 21 heteroatoms. The van der Waals surface area contributed by atoms with Gasteiger partial charge in [-0.05, 0) is 89.7 Å². The maximum Gasteiger partial charge on any atom is 0.320 e. The number of carboxylic acids is 1. The van der Waals surface area contributed by atoms with Crippen LogP contribution in [0.1, 0.15) is 99.2 Å². The summed E-state index contributed by atoms with van der Waals surface area (Å²) in [6.45, 7) is 6.88. The number of rotatable bonds is 34. The second-order valence-electron chi connectivity index (χ2n) is 18.6. The number of amides is 2. The van der Waals surface area contributed by atoms with Crippen LogP contribution in [0.3, 0.4) is 0 Å². The standard InChI is InChI=1S/C52H67BrN8O12/c1-4-5-8-38-39-25-44(45(65)26-42-32(2)9-15-46(53)58-42)61(51(38)39)49(67)29-60-43-14-10-34(24-40(43)50(59-60)33(3)62)35-27-56-47(57-28-35)16-12-37(64)30-72-22-21-71-19-17-55-48(66)31-73-23-20-70-18-6-7-36(63)11-13-41(54)52(68)69/h9-10,14-15,24,27-28,38-39,41,44,51H,4-8,11-13,16-23,25-26,29-31,54H2,1-3H3,(H,55,66)(H,68,69)/t38?,39-,41-,44-,51+/m0/s1. The minimum atomic E-state index is -1.13. The molecule has 2 fully saturated rings. The summed E-state index contributed by atoms with van der Waals surface area (Å²) in [5.74, 6) is -0.965. The van der Waals surface area contributed by atoms with Crippen LogP contribution in [0, 0.1) is 18.8 Å². The molecule has 5 atom stereocenters. The zero-order valence-electron chi connectivity index (χ0n) is 41.9. The van der Waals surface area contributed by atoms with Gasteiger partial charge in [-0.3, -0.25) is 38.2 Å². The van der Waals surface area contributed by atoms with Crippen molar-refractivity contribution in [2.75, 3.05) is 59.4 Å². The van der Waals surface area contributed by atoms with Crippen LogP contribution in [0.5, 0.6) is 0 Å². The molecule has 0 bridgehead atoms. The molecule has 6 rings (SSSR count). The number of nitrogens with one attached hydrogen (secondary N) is 1. The number of unbranched alkanes of at least 4 members (excludes halogenated alkanes) is 1. The van der Waals surface area contributed by atoms with Crippen LogP contribution >= 0.6 is 15.9 Å². The summed E-state index contributed by atoms with van der Waals surface area (Å²) in [6, 6.07) is 7.73. The molecule has 394 valence electrons. The van der Waals surface area contributed by atoms with Crippen LogP contribution in [-0.2, 0) is 67.1 Å². The number of nitrogens with zero attached hydrogens (tertiary/aromatic N) is 6. The number of Topliss-reactive ketones (excluding diaryl/α,β-unsaturated/α-hetero) is 4. The number of pyridine rings is 1. The van der Waals surface area contributed by atoms with Gasteiger partial charge in [-0.25, -0.2) is 15.0 Å². The lowest BCUT2D eigenvalue weighted by Crippen LogP contribution is -2.46. The van der Waals surface area contributed by atoms with Crippen molar-refractivity contribution in [3.63, 3.8) is 0 Å². The number of benzene rings is 1. The van der Waals surface area contributed by atoms with Gasteiger partial charge < -0.3 is 40.0 Å². The molecule has 1 unspecified atom stereocenters. The van der Waals surface area contributed by atoms with Crippen molar-refractivity contribution in [2.45, 2.75) is 116 Å². The molecule has 4 heterocycles. The molecule has 3 aromatic heterocycles. The van der Waals surface area contributed by atoms with E-state index in [0.29, 0.717) is 70.3 Å². The molecule has 2 aliphatic rings. The predicted molar refractivity (Wildman–Crippen MR) is 270 cm³/mol. The monoisotopic (exact) mass is 1070 g/mol. The number of halogens is 1. The maximum atomic E-state index is 14.3. The van der Waals surface area contributed by atoms with Crippen LogP contribution in [0.2, 0.25) is 0 Å². The van der Waals surface area contributed by atoms with Gasteiger partial charge in [0.2, 0.25) is 11.8 Å². The number of nitrogens with two attached hydrogens (primary N) is 1. The molecule has 1 saturated heterocycles. The average molecular weight is 1080 g/mol. The zero-order chi connectivity index (χ0) is 52.4. The first-order valence-electron chi connectivity index (χ1n) is 25.0. The SMILES string of the molecule is CCCCC1[C@@H]2[C@H]1C[C@@H](C(=O)Cc1nc(Br)ccc1C)N2C(=O)Cn1nc(C(C)=O)c2cc(-c3cnc(CCC(=O)COCCOCCNC(=O)COCCOCCCC(=O)CC[C@H](N)C(=O)O)nc3)ccc21. The van der Waals surface area contributed by atoms with E-state index in [1.165, 1.54) is 6.92 Å². The summed E-state index contributed by atoms with van der Waals surface area (Å²) in [7, 11) is 0. The van der Waals surface area contributed by atoms with Gasteiger partial charge in [0.25, 0.3) is 0 Å². The Balaban J connectivity index is 0.878. The molecule has 1 saturated carbocycles. The van der Waals surface area contributed by atoms with Crippen molar-refractivity contribution in [3.05, 3.63) is 70.1 Å². The number of carboxylic acid groups (broad SMARTS) is 1. The lowest BCUT2D eigenvalue weighted by molar-refractivity contribution is -0.139. The summed E-state index contributed by atoms with van der Waals surface area (Å²) in [5.41, 5.74) is 9.30. The number of fused-ring (bicyclic) bond motifs is 2. The van der Waals surface area contributed by atoms with E-state index in [1.807, 2.05) is 42.2 Å². The van der Waals surface area contributed by atoms with Crippen molar-refractivity contribution in [3.8, 4) is 11.1 Å². The Morgan fingerprint density at radius 1 is 0.877 bits per heavy atom. The minimum absolute atomic E-state index is 0.0114. The normalized spacial score (nSPS) is 17.4. The Labute approximate surface area is 433 Å². The summed E-state index contributed by atoms with van der Waals surface area (Å²) >= 11 is 3.42. The first kappa shape index (κ1) is 56.6. The van der Waals surface area contributed by atoms with Gasteiger partial charge in [-0.1, -0.05) is 31.9 Å². The molecule has 4 aromatic rings. The number of likely N-dealkylation sites (tertiary alicyclic amines) is 1. The summed E-state index contributed by atoms with van der Waals surface area (Å²) in [4.78, 5) is 104. The number of aromatic nitrogens is 5. The third kappa shape index (κ3) is 16.6. The largest absolute Gasteiger partial charge is 0.480 e. The van der Waals surface area contributed by atoms with Gasteiger partial charge in [0.15, 0.2) is 17.3 Å². The highest BCUT2D eigenvalue weighted by Gasteiger charge is 2.62. The molecular formula is C52H67BrN8O12. The third-order valence-electron chi connectivity index (χ3n) is 13.1. The van der Waals surface area contributed by atoms with Gasteiger partial charge in [-0.15, -0.1) is 0 Å². The van der Waals surface area contributed by atoms with E-state index >= 15 is 0 Å². The summed E-state index contributed by atoms with van der Waals surface area (Å²) < 4.78 is 23.8. The van der Waals surface area contributed by atoms with Crippen LogP contribution in [0.15, 0.2) is 47.3 Å². The van der Waals surface area contributed by atoms with Crippen molar-refractivity contribution in [2.24, 2.45) is 17.6 Å². The quantitative estimate of drug-likeness (QED) is 0.0327. The van der Waals surface area contributed by atoms with Crippen LogP contribution < -0.4 is 11.1 Å². The fourth-order valence-corrected chi connectivity index (χ4v) is 9.48. The highest BCUT2D eigenvalue weighted by molar-refractivity contribution is 9.10. The second-order valence-corrected chi connectivity index (χ2v) is 19.4. The van der Waals surface area contributed by atoms with Gasteiger partial charge in [0, 0.05) is 75.1 Å². The van der Waals surface area contributed by atoms with Crippen LogP contribution in [0.4, 0.5) is 0 Å². The van der Waals surface area contributed by atoms with Gasteiger partial charge in [-0.2, -0.15) is 5.10 Å². The minimum Gasteiger partial charge on any atom is -0.480 e. The number of aliphatic carboxylic acids is 1. The van der Waals surface area contributed by atoms with Gasteiger partial charge in [0.1, 0.15) is 47.7 Å². The van der Waals surface area contributed by atoms with E-state index < -0.39 is 18.1 Å². The lowest BCUT2D eigenvalue weighted by atomic mass is 9.98. The number of ether oxygens (including phenoxy) is 4. The van der Waals surface area contributed by atoms with E-state index in [4.69, 9.17) is 29.8 Å². The Morgan fingerprint density at radius 3 is 2.33 bits per heavy atom. The van der Waals surface area contributed by atoms with E-state index in [9.17, 15) is 33.6 Å². The molecule has 1 aliphatic carbocycles. The highest BCUT2D eigenvalue weighted by atomic mass is 79.9. The number of ketones is 4. The molecule has 2 amide bonds. The highest BCUT2D eigenvalue weighted by Crippen LogP contribution is 2.56. The van der Waals surface area contributed by atoms with Crippen LogP contribution in [0.25, 0.3) is 22.0 Å². The van der Waals surface area contributed by atoms with Gasteiger partial charge >= 0.3 is 5.97 Å². The summed E-state index contributed by atoms with van der Waals surface area (Å²) in [6.07, 6.45) is 8.72. The maximum absolute atomic E-state index is 14.3. The first-order valence-corrected chi connectivity index (χ1v) is 25.8. The fourth-order valence-electron chi connectivity index (χ4n) is 9.13. The zero-order valence-corrected chi connectivity index (χ0v) is 43.4. The predicted octanol–water partition coefficient (Wildman–Crippen LogP) is 4.61.